The zero-order chi connectivity index (χ0) is 9.80. The quantitative estimate of drug-likeness (QED) is 0.687. The molecule has 2 rings (SSSR count). The molecular formula is C9H16ClN3O2. The second-order valence-electron chi connectivity index (χ2n) is 3.69. The first-order chi connectivity index (χ1) is 6.84. The van der Waals surface area contributed by atoms with Gasteiger partial charge in [-0.15, -0.1) is 12.4 Å². The molecule has 0 N–H and O–H groups in total. The lowest BCUT2D eigenvalue weighted by molar-refractivity contribution is -0.761. The molecule has 0 saturated carbocycles. The molecule has 1 aliphatic rings. The molecular weight excluding hydrogens is 218 g/mol. The van der Waals surface area contributed by atoms with Crippen LogP contribution >= 0.6 is 12.4 Å². The number of nitrogens with zero attached hydrogens (tertiary/aromatic N) is 3. The van der Waals surface area contributed by atoms with Gasteiger partial charge in [0.1, 0.15) is 5.95 Å². The smallest absolute Gasteiger partial charge is 0.221 e. The van der Waals surface area contributed by atoms with E-state index in [2.05, 4.69) is 14.7 Å². The Kier molecular flexibility index (Phi) is 4.84. The number of hydrogen-bond donors (Lipinski definition) is 0. The Morgan fingerprint density at radius 2 is 2.13 bits per heavy atom. The molecule has 1 fully saturated rings. The first-order valence-corrected chi connectivity index (χ1v) is 5.10. The number of rotatable bonds is 3. The van der Waals surface area contributed by atoms with Gasteiger partial charge in [-0.2, -0.15) is 0 Å². The molecule has 0 amide bonds. The molecule has 2 heterocycles. The van der Waals surface area contributed by atoms with Gasteiger partial charge in [-0.1, -0.05) is 11.1 Å². The van der Waals surface area contributed by atoms with E-state index in [-0.39, 0.29) is 18.4 Å². The van der Waals surface area contributed by atoms with Gasteiger partial charge in [0, 0.05) is 0 Å². The zero-order valence-electron chi connectivity index (χ0n) is 8.59. The van der Waals surface area contributed by atoms with Gasteiger partial charge < -0.3 is 9.63 Å². The van der Waals surface area contributed by atoms with E-state index in [0.717, 1.165) is 13.1 Å². The summed E-state index contributed by atoms with van der Waals surface area (Å²) < 4.78 is 6.01. The summed E-state index contributed by atoms with van der Waals surface area (Å²) in [4.78, 5) is 2.40. The minimum absolute atomic E-state index is 0. The molecule has 1 aromatic heterocycles. The predicted octanol–water partition coefficient (Wildman–Crippen LogP) is -0.0566. The molecule has 5 nitrogen and oxygen atoms in total. The van der Waals surface area contributed by atoms with Crippen LogP contribution in [0, 0.1) is 0 Å². The molecule has 0 atom stereocenters. The lowest BCUT2D eigenvalue weighted by Gasteiger charge is -2.24. The van der Waals surface area contributed by atoms with Crippen molar-refractivity contribution >= 4 is 12.4 Å². The summed E-state index contributed by atoms with van der Waals surface area (Å²) in [5.41, 5.74) is 0. The lowest BCUT2D eigenvalue weighted by Crippen LogP contribution is -2.43. The van der Waals surface area contributed by atoms with Gasteiger partial charge in [-0.3, -0.25) is 4.90 Å². The SMILES string of the molecule is Cl.[O-]c1c[n+](CCN2CCCCC2)no1. The zero-order valence-corrected chi connectivity index (χ0v) is 9.41. The Morgan fingerprint density at radius 1 is 1.40 bits per heavy atom. The van der Waals surface area contributed by atoms with Crippen molar-refractivity contribution in [2.45, 2.75) is 25.8 Å². The van der Waals surface area contributed by atoms with Crippen LogP contribution in [0.25, 0.3) is 0 Å². The van der Waals surface area contributed by atoms with Crippen LogP contribution in [0.1, 0.15) is 19.3 Å². The normalized spacial score (nSPS) is 17.3. The fraction of sp³-hybridized carbons (Fsp3) is 0.778. The van der Waals surface area contributed by atoms with Crippen LogP contribution in [0.2, 0.25) is 0 Å². The average molecular weight is 234 g/mol. The topological polar surface area (TPSA) is 56.2 Å². The summed E-state index contributed by atoms with van der Waals surface area (Å²) in [6, 6.07) is 0. The average Bonchev–Trinajstić information content (AvgIpc) is 2.63. The van der Waals surface area contributed by atoms with E-state index in [1.165, 1.54) is 38.5 Å². The molecule has 1 aromatic rings. The highest BCUT2D eigenvalue weighted by molar-refractivity contribution is 5.85. The van der Waals surface area contributed by atoms with E-state index < -0.39 is 0 Å². The van der Waals surface area contributed by atoms with Gasteiger partial charge in [0.2, 0.25) is 6.20 Å². The number of likely N-dealkylation sites (tertiary alicyclic amines) is 1. The Balaban J connectivity index is 0.00000112. The van der Waals surface area contributed by atoms with Crippen molar-refractivity contribution in [1.29, 1.82) is 0 Å². The van der Waals surface area contributed by atoms with Crippen LogP contribution < -0.4 is 9.79 Å². The van der Waals surface area contributed by atoms with Crippen molar-refractivity contribution in [2.24, 2.45) is 0 Å². The number of piperidine rings is 1. The number of hydrogen-bond acceptors (Lipinski definition) is 4. The van der Waals surface area contributed by atoms with Gasteiger partial charge in [-0.05, 0) is 25.9 Å². The van der Waals surface area contributed by atoms with Crippen molar-refractivity contribution < 1.29 is 14.3 Å². The van der Waals surface area contributed by atoms with Gasteiger partial charge >= 0.3 is 0 Å². The molecule has 0 aliphatic carbocycles. The first-order valence-electron chi connectivity index (χ1n) is 5.10. The molecule has 1 aliphatic heterocycles. The highest BCUT2D eigenvalue weighted by atomic mass is 35.5. The van der Waals surface area contributed by atoms with Crippen molar-refractivity contribution in [2.75, 3.05) is 19.6 Å². The maximum atomic E-state index is 10.7. The third kappa shape index (κ3) is 3.68. The molecule has 1 saturated heterocycles. The summed E-state index contributed by atoms with van der Waals surface area (Å²) in [6.45, 7) is 4.04. The maximum absolute atomic E-state index is 10.7. The highest BCUT2D eigenvalue weighted by Gasteiger charge is 2.12. The van der Waals surface area contributed by atoms with Gasteiger partial charge in [0.05, 0.1) is 11.8 Å². The first kappa shape index (κ1) is 12.3. The molecule has 15 heavy (non-hydrogen) atoms. The monoisotopic (exact) mass is 233 g/mol. The fourth-order valence-corrected chi connectivity index (χ4v) is 1.79. The minimum Gasteiger partial charge on any atom is -0.539 e. The van der Waals surface area contributed by atoms with Crippen molar-refractivity contribution in [3.8, 4) is 5.95 Å². The fourth-order valence-electron chi connectivity index (χ4n) is 1.79. The largest absolute Gasteiger partial charge is 0.539 e. The predicted molar refractivity (Wildman–Crippen MR) is 53.7 cm³/mol. The maximum Gasteiger partial charge on any atom is 0.221 e. The summed E-state index contributed by atoms with van der Waals surface area (Å²) >= 11 is 0. The summed E-state index contributed by atoms with van der Waals surface area (Å²) in [7, 11) is 0. The number of halogens is 1. The number of aromatic nitrogens is 2. The highest BCUT2D eigenvalue weighted by Crippen LogP contribution is 2.07. The van der Waals surface area contributed by atoms with Gasteiger partial charge in [-0.25, -0.2) is 0 Å². The molecule has 0 aromatic carbocycles. The van der Waals surface area contributed by atoms with Crippen molar-refractivity contribution in [3.63, 3.8) is 0 Å². The van der Waals surface area contributed by atoms with Crippen LogP contribution in [-0.4, -0.2) is 29.8 Å². The van der Waals surface area contributed by atoms with Crippen LogP contribution in [0.3, 0.4) is 0 Å². The van der Waals surface area contributed by atoms with E-state index >= 15 is 0 Å². The van der Waals surface area contributed by atoms with Crippen molar-refractivity contribution in [3.05, 3.63) is 6.20 Å². The van der Waals surface area contributed by atoms with Crippen LogP contribution in [0.4, 0.5) is 0 Å². The van der Waals surface area contributed by atoms with Gasteiger partial charge in [0.15, 0.2) is 6.54 Å². The van der Waals surface area contributed by atoms with E-state index in [1.807, 2.05) is 0 Å². The standard InChI is InChI=1S/C9H15N3O2.ClH/c13-9-8-12(10-14-9)7-6-11-4-2-1-3-5-11;/h8H,1-7H2;1H. The van der Waals surface area contributed by atoms with Crippen LogP contribution in [0.5, 0.6) is 5.95 Å². The van der Waals surface area contributed by atoms with Crippen molar-refractivity contribution in [1.82, 2.24) is 10.2 Å². The summed E-state index contributed by atoms with van der Waals surface area (Å²) in [5, 5.41) is 14.3. The Hall–Kier alpha value is -0.810. The molecule has 0 radical (unpaired) electrons. The van der Waals surface area contributed by atoms with E-state index in [1.54, 1.807) is 4.68 Å². The Bertz CT molecular complexity index is 287. The van der Waals surface area contributed by atoms with E-state index in [9.17, 15) is 5.11 Å². The molecule has 86 valence electrons. The Labute approximate surface area is 95.1 Å². The third-order valence-corrected chi connectivity index (χ3v) is 2.58. The van der Waals surface area contributed by atoms with Crippen LogP contribution in [0.15, 0.2) is 10.7 Å². The molecule has 0 spiro atoms. The minimum atomic E-state index is -0.372. The van der Waals surface area contributed by atoms with E-state index in [4.69, 9.17) is 0 Å². The molecule has 0 bridgehead atoms. The summed E-state index contributed by atoms with van der Waals surface area (Å²) in [5.74, 6) is -0.372. The third-order valence-electron chi connectivity index (χ3n) is 2.58. The summed E-state index contributed by atoms with van der Waals surface area (Å²) in [6.07, 6.45) is 5.31. The lowest BCUT2D eigenvalue weighted by atomic mass is 10.1. The van der Waals surface area contributed by atoms with E-state index in [0.29, 0.717) is 0 Å². The second kappa shape index (κ2) is 5.92. The van der Waals surface area contributed by atoms with Gasteiger partial charge in [0.25, 0.3) is 0 Å². The van der Waals surface area contributed by atoms with Crippen LogP contribution in [-0.2, 0) is 6.54 Å². The second-order valence-corrected chi connectivity index (χ2v) is 3.69. The molecule has 0 unspecified atom stereocenters. The molecule has 6 heteroatoms. The Morgan fingerprint density at radius 3 is 2.73 bits per heavy atom.